The van der Waals surface area contributed by atoms with E-state index < -0.39 is 10.0 Å². The van der Waals surface area contributed by atoms with Gasteiger partial charge in [0.2, 0.25) is 10.0 Å². The molecule has 5 nitrogen and oxygen atoms in total. The second kappa shape index (κ2) is 4.99. The first kappa shape index (κ1) is 14.3. The first-order valence-corrected chi connectivity index (χ1v) is 9.19. The van der Waals surface area contributed by atoms with Crippen LogP contribution in [0.25, 0.3) is 10.1 Å². The molecule has 2 heterocycles. The van der Waals surface area contributed by atoms with E-state index in [4.69, 9.17) is 4.74 Å². The van der Waals surface area contributed by atoms with Crippen molar-refractivity contribution in [3.05, 3.63) is 28.6 Å². The van der Waals surface area contributed by atoms with Crippen molar-refractivity contribution in [1.82, 2.24) is 0 Å². The molecule has 0 saturated heterocycles. The Balaban J connectivity index is 2.17. The third-order valence-corrected chi connectivity index (χ3v) is 5.84. The number of nitrogens with zero attached hydrogens (tertiary/aromatic N) is 1. The van der Waals surface area contributed by atoms with Crippen LogP contribution in [-0.2, 0) is 21.2 Å². The van der Waals surface area contributed by atoms with Gasteiger partial charge in [0.25, 0.3) is 0 Å². The van der Waals surface area contributed by atoms with Crippen LogP contribution >= 0.6 is 11.3 Å². The Bertz CT molecular complexity index is 823. The zero-order valence-electron chi connectivity index (χ0n) is 11.8. The van der Waals surface area contributed by atoms with E-state index in [0.717, 1.165) is 34.2 Å². The second-order valence-corrected chi connectivity index (χ2v) is 8.05. The lowest BCUT2D eigenvalue weighted by Gasteiger charge is -2.29. The summed E-state index contributed by atoms with van der Waals surface area (Å²) < 4.78 is 31.0. The molecular formula is C14H15NO4S2. The topological polar surface area (TPSA) is 63.7 Å². The molecule has 0 bridgehead atoms. The quantitative estimate of drug-likeness (QED) is 0.795. The van der Waals surface area contributed by atoms with Crippen LogP contribution in [0.1, 0.15) is 21.7 Å². The second-order valence-electron chi connectivity index (χ2n) is 5.06. The molecule has 21 heavy (non-hydrogen) atoms. The number of sulfonamides is 1. The number of anilines is 1. The molecule has 1 aromatic heterocycles. The molecule has 0 radical (unpaired) electrons. The summed E-state index contributed by atoms with van der Waals surface area (Å²) in [5, 5.41) is 0.870. The summed E-state index contributed by atoms with van der Waals surface area (Å²) in [7, 11) is -1.93. The van der Waals surface area contributed by atoms with E-state index in [1.165, 1.54) is 29.0 Å². The molecule has 1 aromatic carbocycles. The Kier molecular flexibility index (Phi) is 3.41. The minimum absolute atomic E-state index is 0.367. The molecule has 112 valence electrons. The van der Waals surface area contributed by atoms with Crippen LogP contribution in [0.5, 0.6) is 0 Å². The third-order valence-electron chi connectivity index (χ3n) is 3.58. The van der Waals surface area contributed by atoms with Crippen LogP contribution in [0.3, 0.4) is 0 Å². The van der Waals surface area contributed by atoms with Crippen LogP contribution in [-0.4, -0.2) is 34.3 Å². The van der Waals surface area contributed by atoms with Gasteiger partial charge in [0, 0.05) is 11.2 Å². The average molecular weight is 325 g/mol. The Hall–Kier alpha value is -1.60. The van der Waals surface area contributed by atoms with Gasteiger partial charge in [-0.25, -0.2) is 13.2 Å². The molecular weight excluding hydrogens is 310 g/mol. The van der Waals surface area contributed by atoms with Crippen LogP contribution < -0.4 is 4.31 Å². The number of fused-ring (bicyclic) bond motifs is 2. The van der Waals surface area contributed by atoms with Crippen molar-refractivity contribution >= 4 is 43.1 Å². The van der Waals surface area contributed by atoms with E-state index in [1.807, 2.05) is 12.1 Å². The predicted octanol–water partition coefficient (Wildman–Crippen LogP) is 2.40. The van der Waals surface area contributed by atoms with Crippen molar-refractivity contribution in [1.29, 1.82) is 0 Å². The Labute approximate surface area is 127 Å². The Morgan fingerprint density at radius 2 is 2.10 bits per heavy atom. The normalized spacial score (nSPS) is 15.0. The van der Waals surface area contributed by atoms with Crippen molar-refractivity contribution in [2.75, 3.05) is 24.2 Å². The summed E-state index contributed by atoms with van der Waals surface area (Å²) in [5.74, 6) is -0.367. The number of carbonyl (C=O) groups is 1. The summed E-state index contributed by atoms with van der Waals surface area (Å²) in [6.07, 6.45) is 2.88. The molecule has 0 N–H and O–H groups in total. The number of benzene rings is 1. The van der Waals surface area contributed by atoms with Gasteiger partial charge in [-0.15, -0.1) is 11.3 Å². The largest absolute Gasteiger partial charge is 0.465 e. The first-order valence-electron chi connectivity index (χ1n) is 6.52. The van der Waals surface area contributed by atoms with Crippen molar-refractivity contribution < 1.29 is 17.9 Å². The highest BCUT2D eigenvalue weighted by Crippen LogP contribution is 2.36. The number of carbonyl (C=O) groups excluding carboxylic acids is 1. The number of ether oxygens (including phenoxy) is 1. The van der Waals surface area contributed by atoms with Gasteiger partial charge < -0.3 is 4.74 Å². The van der Waals surface area contributed by atoms with Gasteiger partial charge in [0.1, 0.15) is 4.88 Å². The van der Waals surface area contributed by atoms with Gasteiger partial charge in [-0.1, -0.05) is 0 Å². The lowest BCUT2D eigenvalue weighted by molar-refractivity contribution is 0.0606. The molecule has 1 aliphatic heterocycles. The van der Waals surface area contributed by atoms with E-state index in [9.17, 15) is 13.2 Å². The summed E-state index contributed by atoms with van der Waals surface area (Å²) in [5.41, 5.74) is 1.74. The van der Waals surface area contributed by atoms with Crippen molar-refractivity contribution in [2.45, 2.75) is 12.8 Å². The molecule has 0 atom stereocenters. The lowest BCUT2D eigenvalue weighted by Crippen LogP contribution is -2.34. The van der Waals surface area contributed by atoms with E-state index >= 15 is 0 Å². The van der Waals surface area contributed by atoms with E-state index in [2.05, 4.69) is 0 Å². The van der Waals surface area contributed by atoms with Crippen LogP contribution in [0, 0.1) is 0 Å². The van der Waals surface area contributed by atoms with Gasteiger partial charge in [-0.3, -0.25) is 4.31 Å². The number of hydrogen-bond donors (Lipinski definition) is 0. The molecule has 0 saturated carbocycles. The summed E-state index contributed by atoms with van der Waals surface area (Å²) in [6, 6.07) is 5.59. The minimum Gasteiger partial charge on any atom is -0.465 e. The minimum atomic E-state index is -3.28. The maximum Gasteiger partial charge on any atom is 0.348 e. The van der Waals surface area contributed by atoms with Gasteiger partial charge >= 0.3 is 5.97 Å². The summed E-state index contributed by atoms with van der Waals surface area (Å²) in [6.45, 7) is 0.505. The molecule has 0 fully saturated rings. The van der Waals surface area contributed by atoms with E-state index in [0.29, 0.717) is 11.4 Å². The van der Waals surface area contributed by atoms with Crippen LogP contribution in [0.2, 0.25) is 0 Å². The fourth-order valence-electron chi connectivity index (χ4n) is 2.63. The predicted molar refractivity (Wildman–Crippen MR) is 83.7 cm³/mol. The highest BCUT2D eigenvalue weighted by Gasteiger charge is 2.25. The number of hydrogen-bond acceptors (Lipinski definition) is 5. The zero-order chi connectivity index (χ0) is 15.2. The molecule has 0 aliphatic carbocycles. The molecule has 7 heteroatoms. The zero-order valence-corrected chi connectivity index (χ0v) is 13.4. The molecule has 0 spiro atoms. The number of thiophene rings is 1. The molecule has 3 rings (SSSR count). The fourth-order valence-corrected chi connectivity index (χ4v) is 4.64. The molecule has 1 aliphatic rings. The SMILES string of the molecule is COC(=O)c1cc2cc3c(cc2s1)CCCN3S(C)(=O)=O. The fraction of sp³-hybridized carbons (Fsp3) is 0.357. The van der Waals surface area contributed by atoms with Gasteiger partial charge in [-0.2, -0.15) is 0 Å². The maximum absolute atomic E-state index is 11.9. The monoisotopic (exact) mass is 325 g/mol. The van der Waals surface area contributed by atoms with E-state index in [1.54, 1.807) is 6.07 Å². The highest BCUT2D eigenvalue weighted by molar-refractivity contribution is 7.92. The van der Waals surface area contributed by atoms with Gasteiger partial charge in [0.05, 0.1) is 19.1 Å². The maximum atomic E-state index is 11.9. The Morgan fingerprint density at radius 3 is 2.76 bits per heavy atom. The smallest absolute Gasteiger partial charge is 0.348 e. The van der Waals surface area contributed by atoms with Crippen molar-refractivity contribution in [3.63, 3.8) is 0 Å². The van der Waals surface area contributed by atoms with Crippen LogP contribution in [0.4, 0.5) is 5.69 Å². The van der Waals surface area contributed by atoms with E-state index in [-0.39, 0.29) is 5.97 Å². The summed E-state index contributed by atoms with van der Waals surface area (Å²) in [4.78, 5) is 12.1. The average Bonchev–Trinajstić information content (AvgIpc) is 2.84. The van der Waals surface area contributed by atoms with Crippen LogP contribution in [0.15, 0.2) is 18.2 Å². The highest BCUT2D eigenvalue weighted by atomic mass is 32.2. The number of methoxy groups -OCH3 is 1. The summed E-state index contributed by atoms with van der Waals surface area (Å²) >= 11 is 1.37. The molecule has 0 amide bonds. The van der Waals surface area contributed by atoms with Crippen molar-refractivity contribution in [3.8, 4) is 0 Å². The Morgan fingerprint density at radius 1 is 1.33 bits per heavy atom. The lowest BCUT2D eigenvalue weighted by atomic mass is 10.0. The van der Waals surface area contributed by atoms with Gasteiger partial charge in [0.15, 0.2) is 0 Å². The number of rotatable bonds is 2. The van der Waals surface area contributed by atoms with Gasteiger partial charge in [-0.05, 0) is 42.0 Å². The molecule has 0 unspecified atom stereocenters. The third kappa shape index (κ3) is 2.51. The standard InChI is InChI=1S/C14H15NO4S2/c1-19-14(16)13-8-10-6-11-9(7-12(10)20-13)4-3-5-15(11)21(2,17)18/h6-8H,3-5H2,1-2H3. The first-order chi connectivity index (χ1) is 9.90. The molecule has 2 aromatic rings. The number of esters is 1. The van der Waals surface area contributed by atoms with Crippen molar-refractivity contribution in [2.24, 2.45) is 0 Å². The number of aryl methyl sites for hydroxylation is 1.